The molecule has 1 fully saturated rings. The fourth-order valence-electron chi connectivity index (χ4n) is 2.84. The molecule has 0 spiro atoms. The van der Waals surface area contributed by atoms with Crippen molar-refractivity contribution in [1.29, 1.82) is 0 Å². The molecule has 5 heteroatoms. The van der Waals surface area contributed by atoms with Crippen LogP contribution in [-0.4, -0.2) is 48.1 Å². The van der Waals surface area contributed by atoms with E-state index < -0.39 is 0 Å². The van der Waals surface area contributed by atoms with Crippen molar-refractivity contribution in [3.05, 3.63) is 0 Å². The first-order valence-electron chi connectivity index (χ1n) is 8.18. The highest BCUT2D eigenvalue weighted by Crippen LogP contribution is 2.25. The molecule has 1 heterocycles. The average Bonchev–Trinajstić information content (AvgIpc) is 2.55. The number of amides is 2. The molecular formula is C16H30N2O3. The Morgan fingerprint density at radius 1 is 1.29 bits per heavy atom. The van der Waals surface area contributed by atoms with E-state index in [0.29, 0.717) is 19.5 Å². The minimum atomic E-state index is -0.219. The number of rotatable bonds is 7. The van der Waals surface area contributed by atoms with Crippen LogP contribution in [0, 0.1) is 11.3 Å². The van der Waals surface area contributed by atoms with Crippen LogP contribution in [0.1, 0.15) is 52.9 Å². The van der Waals surface area contributed by atoms with Crippen LogP contribution >= 0.6 is 0 Å². The molecule has 2 amide bonds. The first-order valence-corrected chi connectivity index (χ1v) is 8.18. The number of hydrogen-bond donors (Lipinski definition) is 2. The van der Waals surface area contributed by atoms with E-state index >= 15 is 0 Å². The van der Waals surface area contributed by atoms with Crippen molar-refractivity contribution in [1.82, 2.24) is 10.2 Å². The van der Waals surface area contributed by atoms with Crippen LogP contribution in [0.3, 0.4) is 0 Å². The topological polar surface area (TPSA) is 69.6 Å². The summed E-state index contributed by atoms with van der Waals surface area (Å²) in [5.74, 6) is 0.0296. The molecule has 21 heavy (non-hydrogen) atoms. The Kier molecular flexibility index (Phi) is 7.15. The molecule has 2 N–H and O–H groups in total. The van der Waals surface area contributed by atoms with Gasteiger partial charge < -0.3 is 15.3 Å². The number of hydrogen-bond acceptors (Lipinski definition) is 3. The lowest BCUT2D eigenvalue weighted by atomic mass is 9.83. The van der Waals surface area contributed by atoms with Crippen LogP contribution in [0.5, 0.6) is 0 Å². The van der Waals surface area contributed by atoms with Crippen LogP contribution in [0.2, 0.25) is 0 Å². The Morgan fingerprint density at radius 2 is 1.95 bits per heavy atom. The third-order valence-electron chi connectivity index (χ3n) is 4.92. The number of likely N-dealkylation sites (tertiary alicyclic amines) is 1. The van der Waals surface area contributed by atoms with Gasteiger partial charge in [-0.15, -0.1) is 0 Å². The second kappa shape index (κ2) is 8.37. The van der Waals surface area contributed by atoms with Crippen LogP contribution in [0.4, 0.5) is 0 Å². The molecule has 1 saturated heterocycles. The molecule has 122 valence electrons. The molecule has 1 aliphatic heterocycles. The maximum atomic E-state index is 12.3. The molecule has 1 atom stereocenters. The normalized spacial score (nSPS) is 19.4. The maximum Gasteiger partial charge on any atom is 0.224 e. The zero-order chi connectivity index (χ0) is 15.9. The van der Waals surface area contributed by atoms with E-state index in [4.69, 9.17) is 0 Å². The lowest BCUT2D eigenvalue weighted by Gasteiger charge is -2.34. The van der Waals surface area contributed by atoms with E-state index in [1.54, 1.807) is 4.90 Å². The first kappa shape index (κ1) is 18.0. The summed E-state index contributed by atoms with van der Waals surface area (Å²) < 4.78 is 0. The van der Waals surface area contributed by atoms with Crippen molar-refractivity contribution in [2.75, 3.05) is 26.2 Å². The molecule has 0 aliphatic carbocycles. The second-order valence-electron chi connectivity index (χ2n) is 6.12. The van der Waals surface area contributed by atoms with E-state index in [2.05, 4.69) is 5.32 Å². The summed E-state index contributed by atoms with van der Waals surface area (Å²) in [6, 6.07) is 0. The molecule has 5 nitrogen and oxygen atoms in total. The van der Waals surface area contributed by atoms with Gasteiger partial charge >= 0.3 is 0 Å². The summed E-state index contributed by atoms with van der Waals surface area (Å²) in [6.07, 6.45) is 3.89. The van der Waals surface area contributed by atoms with E-state index in [0.717, 1.165) is 32.2 Å². The maximum absolute atomic E-state index is 12.3. The molecular weight excluding hydrogens is 268 g/mol. The van der Waals surface area contributed by atoms with Crippen LogP contribution in [0.25, 0.3) is 0 Å². The smallest absolute Gasteiger partial charge is 0.224 e. The van der Waals surface area contributed by atoms with Gasteiger partial charge in [-0.05, 0) is 25.7 Å². The second-order valence-corrected chi connectivity index (χ2v) is 6.12. The summed E-state index contributed by atoms with van der Waals surface area (Å²) in [7, 11) is 0. The van der Waals surface area contributed by atoms with Crippen molar-refractivity contribution in [2.24, 2.45) is 11.3 Å². The Morgan fingerprint density at radius 3 is 2.48 bits per heavy atom. The average molecular weight is 298 g/mol. The zero-order valence-electron chi connectivity index (χ0n) is 13.7. The molecule has 1 aliphatic rings. The fourth-order valence-corrected chi connectivity index (χ4v) is 2.84. The number of piperidine rings is 1. The number of carbonyl (C=O) groups excluding carboxylic acids is 2. The summed E-state index contributed by atoms with van der Waals surface area (Å²) in [6.45, 7) is 7.81. The predicted molar refractivity (Wildman–Crippen MR) is 82.7 cm³/mol. The van der Waals surface area contributed by atoms with Gasteiger partial charge in [0, 0.05) is 31.5 Å². The highest BCUT2D eigenvalue weighted by atomic mass is 16.3. The largest absolute Gasteiger partial charge is 0.396 e. The Bertz CT molecular complexity index is 345. The predicted octanol–water partition coefficient (Wildman–Crippen LogP) is 1.55. The molecule has 0 aromatic rings. The number of carbonyl (C=O) groups is 2. The van der Waals surface area contributed by atoms with Crippen molar-refractivity contribution in [2.45, 2.75) is 52.9 Å². The molecule has 0 saturated carbocycles. The fraction of sp³-hybridized carbons (Fsp3) is 0.875. The molecule has 1 rings (SSSR count). The molecule has 0 aromatic carbocycles. The Balaban J connectivity index is 2.53. The van der Waals surface area contributed by atoms with Crippen molar-refractivity contribution >= 4 is 11.8 Å². The summed E-state index contributed by atoms with van der Waals surface area (Å²) >= 11 is 0. The van der Waals surface area contributed by atoms with Crippen LogP contribution < -0.4 is 5.32 Å². The van der Waals surface area contributed by atoms with E-state index in [1.807, 2.05) is 20.8 Å². The van der Waals surface area contributed by atoms with Gasteiger partial charge in [-0.25, -0.2) is 0 Å². The van der Waals surface area contributed by atoms with Crippen LogP contribution in [-0.2, 0) is 9.59 Å². The number of aliphatic hydroxyl groups is 1. The molecule has 0 bridgehead atoms. The van der Waals surface area contributed by atoms with Crippen molar-refractivity contribution in [3.63, 3.8) is 0 Å². The Hall–Kier alpha value is -1.10. The number of nitrogens with zero attached hydrogens (tertiary/aromatic N) is 1. The highest BCUT2D eigenvalue weighted by molar-refractivity contribution is 5.81. The molecule has 1 unspecified atom stereocenters. The van der Waals surface area contributed by atoms with Gasteiger partial charge in [0.25, 0.3) is 0 Å². The standard InChI is InChI=1S/C16H30N2O3/c1-4-14(20)18-9-7-8-13(10-18)15(21)17-11-16(5-2,6-3)12-19/h13,19H,4-12H2,1-3H3,(H,17,21). The highest BCUT2D eigenvalue weighted by Gasteiger charge is 2.30. The SMILES string of the molecule is CCC(=O)N1CCCC(C(=O)NCC(CC)(CC)CO)C1. The minimum Gasteiger partial charge on any atom is -0.396 e. The summed E-state index contributed by atoms with van der Waals surface area (Å²) in [5, 5.41) is 12.5. The zero-order valence-corrected chi connectivity index (χ0v) is 13.7. The third-order valence-corrected chi connectivity index (χ3v) is 4.92. The van der Waals surface area contributed by atoms with Crippen molar-refractivity contribution < 1.29 is 14.7 Å². The van der Waals surface area contributed by atoms with E-state index in [9.17, 15) is 14.7 Å². The lowest BCUT2D eigenvalue weighted by molar-refractivity contribution is -0.135. The number of aliphatic hydroxyl groups excluding tert-OH is 1. The van der Waals surface area contributed by atoms with Gasteiger partial charge in [0.05, 0.1) is 12.5 Å². The quantitative estimate of drug-likeness (QED) is 0.749. The van der Waals surface area contributed by atoms with Crippen LogP contribution in [0.15, 0.2) is 0 Å². The third kappa shape index (κ3) is 4.70. The van der Waals surface area contributed by atoms with Gasteiger partial charge in [-0.1, -0.05) is 20.8 Å². The summed E-state index contributed by atoms with van der Waals surface area (Å²) in [5.41, 5.74) is -0.219. The van der Waals surface area contributed by atoms with Gasteiger partial charge in [-0.3, -0.25) is 9.59 Å². The first-order chi connectivity index (χ1) is 10.0. The number of nitrogens with one attached hydrogen (secondary N) is 1. The van der Waals surface area contributed by atoms with Gasteiger partial charge in [0.1, 0.15) is 0 Å². The monoisotopic (exact) mass is 298 g/mol. The lowest BCUT2D eigenvalue weighted by Crippen LogP contribution is -2.47. The van der Waals surface area contributed by atoms with Crippen molar-refractivity contribution in [3.8, 4) is 0 Å². The van der Waals surface area contributed by atoms with Gasteiger partial charge in [0.2, 0.25) is 11.8 Å². The van der Waals surface area contributed by atoms with E-state index in [1.165, 1.54) is 0 Å². The van der Waals surface area contributed by atoms with Gasteiger partial charge in [0.15, 0.2) is 0 Å². The Labute approximate surface area is 128 Å². The van der Waals surface area contributed by atoms with E-state index in [-0.39, 0.29) is 29.8 Å². The molecule has 0 radical (unpaired) electrons. The van der Waals surface area contributed by atoms with Gasteiger partial charge in [-0.2, -0.15) is 0 Å². The summed E-state index contributed by atoms with van der Waals surface area (Å²) in [4.78, 5) is 25.9. The minimum absolute atomic E-state index is 0.0170. The molecule has 0 aromatic heterocycles.